The molecule has 2 aromatic heterocycles. The summed E-state index contributed by atoms with van der Waals surface area (Å²) < 4.78 is 0.0665. The Balaban J connectivity index is 1.60. The van der Waals surface area contributed by atoms with Gasteiger partial charge in [0.15, 0.2) is 11.2 Å². The molecular weight excluding hydrogens is 531 g/mol. The maximum atomic E-state index is 14.2. The van der Waals surface area contributed by atoms with E-state index in [4.69, 9.17) is 28.2 Å². The van der Waals surface area contributed by atoms with Crippen LogP contribution in [0.15, 0.2) is 52.3 Å². The van der Waals surface area contributed by atoms with Crippen molar-refractivity contribution in [2.24, 2.45) is 10.9 Å². The molecule has 3 aliphatic heterocycles. The van der Waals surface area contributed by atoms with Crippen molar-refractivity contribution in [3.8, 4) is 0 Å². The van der Waals surface area contributed by atoms with Crippen LogP contribution in [0.1, 0.15) is 49.9 Å². The highest BCUT2D eigenvalue weighted by molar-refractivity contribution is 8.18. The lowest BCUT2D eigenvalue weighted by atomic mass is 9.94. The summed E-state index contributed by atoms with van der Waals surface area (Å²) in [6.07, 6.45) is 5.02. The Morgan fingerprint density at radius 2 is 1.76 bits per heavy atom. The van der Waals surface area contributed by atoms with Gasteiger partial charge in [-0.15, -0.1) is 0 Å². The van der Waals surface area contributed by atoms with Crippen molar-refractivity contribution in [3.63, 3.8) is 0 Å². The number of rotatable bonds is 5. The van der Waals surface area contributed by atoms with Crippen LogP contribution < -0.4 is 5.32 Å². The number of aromatic nitrogens is 2. The van der Waals surface area contributed by atoms with Crippen LogP contribution in [0.2, 0.25) is 10.3 Å². The number of pyridine rings is 2. The van der Waals surface area contributed by atoms with Crippen LogP contribution in [0.4, 0.5) is 0 Å². The van der Waals surface area contributed by atoms with E-state index in [2.05, 4.69) is 34.0 Å². The van der Waals surface area contributed by atoms with Crippen LogP contribution in [-0.2, 0) is 9.59 Å². The van der Waals surface area contributed by atoms with Gasteiger partial charge in [0, 0.05) is 38.0 Å². The zero-order chi connectivity index (χ0) is 26.5. The van der Waals surface area contributed by atoms with Gasteiger partial charge in [0.1, 0.15) is 21.3 Å². The molecule has 1 saturated heterocycles. The number of hydrogen-bond acceptors (Lipinski definition) is 7. The van der Waals surface area contributed by atoms with Crippen LogP contribution in [0.5, 0.6) is 0 Å². The number of nitrogens with one attached hydrogen (secondary N) is 1. The van der Waals surface area contributed by atoms with E-state index in [1.165, 1.54) is 11.8 Å². The standard InChI is InChI=1S/C26H28Cl2N6O2S/c1-14(2)21-23(25(36)34(4)11-5-6-17(34)24(35)29-3)37-26-32-20(15-7-9-18(27)30-12-15)22(33(21)26)16-8-10-19(28)31-13-16/h7-10,12-14,17,20,22H,5-6,11H2,1-4H3/p+1/t17-,20-,22+,34?/m0/s1. The third kappa shape index (κ3) is 4.46. The first-order chi connectivity index (χ1) is 17.7. The zero-order valence-electron chi connectivity index (χ0n) is 21.1. The number of likely N-dealkylation sites (tertiary alicyclic amines) is 1. The minimum absolute atomic E-state index is 0.0328. The van der Waals surface area contributed by atoms with Gasteiger partial charge in [-0.25, -0.2) is 19.2 Å². The number of quaternary nitrogens is 1. The fourth-order valence-corrected chi connectivity index (χ4v) is 7.20. The summed E-state index contributed by atoms with van der Waals surface area (Å²) in [7, 11) is 3.51. The molecule has 8 nitrogen and oxygen atoms in total. The van der Waals surface area contributed by atoms with Crippen molar-refractivity contribution in [1.29, 1.82) is 0 Å². The van der Waals surface area contributed by atoms with Gasteiger partial charge in [-0.05, 0) is 40.9 Å². The van der Waals surface area contributed by atoms with Crippen LogP contribution in [-0.4, -0.2) is 63.0 Å². The molecular formula is C26H29Cl2N6O2S+. The van der Waals surface area contributed by atoms with Gasteiger partial charge in [-0.2, -0.15) is 0 Å². The summed E-state index contributed by atoms with van der Waals surface area (Å²) in [6.45, 7) is 4.80. The van der Waals surface area contributed by atoms with E-state index < -0.39 is 6.04 Å². The van der Waals surface area contributed by atoms with Crippen molar-refractivity contribution in [3.05, 3.63) is 68.7 Å². The predicted molar refractivity (Wildman–Crippen MR) is 146 cm³/mol. The number of halogens is 2. The van der Waals surface area contributed by atoms with Gasteiger partial charge in [-0.1, -0.05) is 49.2 Å². The summed E-state index contributed by atoms with van der Waals surface area (Å²) in [5.41, 5.74) is 2.77. The second kappa shape index (κ2) is 10.0. The van der Waals surface area contributed by atoms with Crippen molar-refractivity contribution in [1.82, 2.24) is 20.2 Å². The third-order valence-corrected chi connectivity index (χ3v) is 8.96. The summed E-state index contributed by atoms with van der Waals surface area (Å²) >= 11 is 13.6. The number of likely N-dealkylation sites (N-methyl/N-ethyl adjacent to an activating group) is 2. The Kier molecular flexibility index (Phi) is 7.08. The number of thioether (sulfide) groups is 1. The van der Waals surface area contributed by atoms with E-state index in [9.17, 15) is 9.59 Å². The largest absolute Gasteiger partial charge is 0.354 e. The van der Waals surface area contributed by atoms with E-state index in [-0.39, 0.29) is 34.3 Å². The zero-order valence-corrected chi connectivity index (χ0v) is 23.4. The normalized spacial score (nSPS) is 27.1. The first-order valence-corrected chi connectivity index (χ1v) is 13.9. The second-order valence-corrected chi connectivity index (χ2v) is 11.8. The molecule has 0 bridgehead atoms. The van der Waals surface area contributed by atoms with Crippen molar-refractivity contribution in [2.75, 3.05) is 20.6 Å². The molecule has 0 radical (unpaired) electrons. The monoisotopic (exact) mass is 559 g/mol. The first kappa shape index (κ1) is 26.2. The molecule has 194 valence electrons. The summed E-state index contributed by atoms with van der Waals surface area (Å²) in [4.78, 5) is 43.4. The molecule has 3 aliphatic rings. The molecule has 1 unspecified atom stereocenters. The van der Waals surface area contributed by atoms with Crippen LogP contribution in [0, 0.1) is 5.92 Å². The minimum Gasteiger partial charge on any atom is -0.354 e. The van der Waals surface area contributed by atoms with Gasteiger partial charge in [-0.3, -0.25) is 9.79 Å². The van der Waals surface area contributed by atoms with E-state index in [1.807, 2.05) is 19.2 Å². The second-order valence-electron chi connectivity index (χ2n) is 10.0. The molecule has 4 atom stereocenters. The predicted octanol–water partition coefficient (Wildman–Crippen LogP) is 4.73. The fraction of sp³-hybridized carbons (Fsp3) is 0.423. The molecule has 1 fully saturated rings. The average Bonchev–Trinajstić information content (AvgIpc) is 3.56. The highest BCUT2D eigenvalue weighted by Gasteiger charge is 2.54. The van der Waals surface area contributed by atoms with E-state index >= 15 is 0 Å². The maximum absolute atomic E-state index is 14.2. The van der Waals surface area contributed by atoms with Gasteiger partial charge in [0.2, 0.25) is 0 Å². The molecule has 0 saturated carbocycles. The summed E-state index contributed by atoms with van der Waals surface area (Å²) in [5, 5.41) is 4.33. The lowest BCUT2D eigenvalue weighted by molar-refractivity contribution is -0.835. The highest BCUT2D eigenvalue weighted by atomic mass is 35.5. The Morgan fingerprint density at radius 3 is 2.32 bits per heavy atom. The lowest BCUT2D eigenvalue weighted by Crippen LogP contribution is -2.58. The van der Waals surface area contributed by atoms with E-state index in [0.29, 0.717) is 28.2 Å². The van der Waals surface area contributed by atoms with Gasteiger partial charge in [0.25, 0.3) is 5.91 Å². The number of carbonyl (C=O) groups is 2. The number of allylic oxidation sites excluding steroid dienone is 1. The number of hydrogen-bond donors (Lipinski definition) is 1. The van der Waals surface area contributed by atoms with Crippen LogP contribution in [0.25, 0.3) is 0 Å². The Labute approximate surface area is 230 Å². The molecule has 0 aromatic carbocycles. The fourth-order valence-electron chi connectivity index (χ4n) is 5.58. The van der Waals surface area contributed by atoms with Gasteiger partial charge < -0.3 is 10.2 Å². The SMILES string of the molecule is CNC(=O)[C@@H]1CCC[N+]1(C)C(=O)C1=C(C(C)C)N2C(=N[C@@H](c3ccc(Cl)nc3)[C@H]2c2ccc(Cl)nc2)S1. The molecule has 37 heavy (non-hydrogen) atoms. The molecule has 2 aromatic rings. The van der Waals surface area contributed by atoms with E-state index in [0.717, 1.165) is 28.4 Å². The lowest BCUT2D eigenvalue weighted by Gasteiger charge is -2.34. The molecule has 5 heterocycles. The van der Waals surface area contributed by atoms with E-state index in [1.54, 1.807) is 31.6 Å². The van der Waals surface area contributed by atoms with Crippen molar-refractivity contribution >= 4 is 51.9 Å². The average molecular weight is 561 g/mol. The number of amidine groups is 1. The molecule has 11 heteroatoms. The van der Waals surface area contributed by atoms with Crippen molar-refractivity contribution < 1.29 is 14.1 Å². The first-order valence-electron chi connectivity index (χ1n) is 12.3. The van der Waals surface area contributed by atoms with Gasteiger partial charge >= 0.3 is 5.91 Å². The Morgan fingerprint density at radius 1 is 1.11 bits per heavy atom. The maximum Gasteiger partial charge on any atom is 0.354 e. The highest BCUT2D eigenvalue weighted by Crippen LogP contribution is 2.54. The summed E-state index contributed by atoms with van der Waals surface area (Å²) in [5.74, 6) is -0.0902. The van der Waals surface area contributed by atoms with Crippen LogP contribution >= 0.6 is 35.0 Å². The topological polar surface area (TPSA) is 87.5 Å². The summed E-state index contributed by atoms with van der Waals surface area (Å²) in [6, 6.07) is 6.50. The molecule has 1 N–H and O–H groups in total. The number of fused-ring (bicyclic) bond motifs is 1. The Bertz CT molecular complexity index is 1300. The van der Waals surface area contributed by atoms with Gasteiger partial charge in [0.05, 0.1) is 19.6 Å². The van der Waals surface area contributed by atoms with Crippen molar-refractivity contribution in [2.45, 2.75) is 44.8 Å². The third-order valence-electron chi connectivity index (χ3n) is 7.44. The molecule has 0 spiro atoms. The molecule has 0 aliphatic carbocycles. The molecule has 2 amide bonds. The quantitative estimate of drug-likeness (QED) is 0.420. The molecule has 5 rings (SSSR count). The Hall–Kier alpha value is -2.46. The number of carbonyl (C=O) groups excluding carboxylic acids is 2. The smallest absolute Gasteiger partial charge is 0.354 e. The number of nitrogens with zero attached hydrogens (tertiary/aromatic N) is 5. The van der Waals surface area contributed by atoms with Crippen LogP contribution in [0.3, 0.4) is 0 Å². The number of amides is 2. The number of aliphatic imine (C=N–C) groups is 1. The minimum atomic E-state index is -0.402.